The Bertz CT molecular complexity index is 377. The van der Waals surface area contributed by atoms with Crippen molar-refractivity contribution in [2.24, 2.45) is 5.73 Å². The molecule has 0 saturated carbocycles. The summed E-state index contributed by atoms with van der Waals surface area (Å²) < 4.78 is 0. The number of carbonyl (C=O) groups is 1. The SMILES string of the molecule is CC(C)(CCO)Nc1ncccc1C(N)=O. The standard InChI is InChI=1S/C11H17N3O2/c1-11(2,5-7-15)14-10-8(9(12)16)4-3-6-13-10/h3-4,6,15H,5,7H2,1-2H3,(H2,12,16)(H,13,14). The largest absolute Gasteiger partial charge is 0.396 e. The van der Waals surface area contributed by atoms with Crippen molar-refractivity contribution in [2.45, 2.75) is 25.8 Å². The van der Waals surface area contributed by atoms with Gasteiger partial charge in [0.05, 0.1) is 5.56 Å². The van der Waals surface area contributed by atoms with Crippen molar-refractivity contribution < 1.29 is 9.90 Å². The third kappa shape index (κ3) is 3.20. The Labute approximate surface area is 94.7 Å². The summed E-state index contributed by atoms with van der Waals surface area (Å²) in [6.07, 6.45) is 2.14. The number of nitrogens with two attached hydrogens (primary N) is 1. The average molecular weight is 223 g/mol. The maximum atomic E-state index is 11.2. The molecule has 1 aromatic heterocycles. The Hall–Kier alpha value is -1.62. The van der Waals surface area contributed by atoms with Gasteiger partial charge in [-0.1, -0.05) is 0 Å². The van der Waals surface area contributed by atoms with E-state index >= 15 is 0 Å². The Morgan fingerprint density at radius 2 is 2.31 bits per heavy atom. The van der Waals surface area contributed by atoms with Crippen LogP contribution in [-0.2, 0) is 0 Å². The van der Waals surface area contributed by atoms with Gasteiger partial charge in [-0.15, -0.1) is 0 Å². The Kier molecular flexibility index (Phi) is 3.84. The molecule has 5 nitrogen and oxygen atoms in total. The highest BCUT2D eigenvalue weighted by Crippen LogP contribution is 2.19. The molecule has 0 spiro atoms. The first-order valence-corrected chi connectivity index (χ1v) is 5.10. The summed E-state index contributed by atoms with van der Waals surface area (Å²) in [6.45, 7) is 3.91. The molecule has 0 aromatic carbocycles. The summed E-state index contributed by atoms with van der Waals surface area (Å²) in [5.74, 6) is -0.0659. The topological polar surface area (TPSA) is 88.2 Å². The molecule has 1 amide bonds. The molecule has 0 atom stereocenters. The lowest BCUT2D eigenvalue weighted by molar-refractivity contribution is 0.100. The number of anilines is 1. The molecule has 1 rings (SSSR count). The molecule has 0 unspecified atom stereocenters. The van der Waals surface area contributed by atoms with Crippen LogP contribution in [-0.4, -0.2) is 28.1 Å². The molecule has 1 aromatic rings. The Balaban J connectivity index is 2.92. The zero-order valence-corrected chi connectivity index (χ0v) is 9.53. The zero-order chi connectivity index (χ0) is 12.2. The van der Waals surface area contributed by atoms with E-state index in [2.05, 4.69) is 10.3 Å². The van der Waals surface area contributed by atoms with E-state index < -0.39 is 5.91 Å². The Morgan fingerprint density at radius 1 is 1.62 bits per heavy atom. The van der Waals surface area contributed by atoms with Gasteiger partial charge in [-0.25, -0.2) is 4.98 Å². The summed E-state index contributed by atoms with van der Waals surface area (Å²) in [6, 6.07) is 3.27. The number of primary amides is 1. The predicted molar refractivity (Wildman–Crippen MR) is 62.2 cm³/mol. The van der Waals surface area contributed by atoms with Crippen LogP contribution >= 0.6 is 0 Å². The van der Waals surface area contributed by atoms with Crippen molar-refractivity contribution in [3.8, 4) is 0 Å². The fourth-order valence-corrected chi connectivity index (χ4v) is 1.37. The van der Waals surface area contributed by atoms with E-state index in [1.54, 1.807) is 18.3 Å². The minimum atomic E-state index is -0.518. The highest BCUT2D eigenvalue weighted by molar-refractivity contribution is 5.97. The van der Waals surface area contributed by atoms with Crippen LogP contribution in [0.15, 0.2) is 18.3 Å². The third-order valence-corrected chi connectivity index (χ3v) is 2.27. The summed E-state index contributed by atoms with van der Waals surface area (Å²) in [4.78, 5) is 15.2. The molecule has 0 bridgehead atoms. The zero-order valence-electron chi connectivity index (χ0n) is 9.53. The summed E-state index contributed by atoms with van der Waals surface area (Å²) >= 11 is 0. The average Bonchev–Trinajstić information content (AvgIpc) is 2.17. The monoisotopic (exact) mass is 223 g/mol. The van der Waals surface area contributed by atoms with Gasteiger partial charge >= 0.3 is 0 Å². The van der Waals surface area contributed by atoms with Crippen LogP contribution in [0.1, 0.15) is 30.6 Å². The van der Waals surface area contributed by atoms with E-state index in [0.717, 1.165) is 0 Å². The molecule has 0 saturated heterocycles. The number of amides is 1. The Morgan fingerprint density at radius 3 is 2.88 bits per heavy atom. The fourth-order valence-electron chi connectivity index (χ4n) is 1.37. The minimum absolute atomic E-state index is 0.0682. The van der Waals surface area contributed by atoms with Gasteiger partial charge in [0.25, 0.3) is 5.91 Å². The molecule has 0 radical (unpaired) electrons. The van der Waals surface area contributed by atoms with Gasteiger partial charge in [0, 0.05) is 18.3 Å². The second kappa shape index (κ2) is 4.94. The molecule has 0 aliphatic heterocycles. The maximum Gasteiger partial charge on any atom is 0.252 e. The maximum absolute atomic E-state index is 11.2. The minimum Gasteiger partial charge on any atom is -0.396 e. The second-order valence-electron chi connectivity index (χ2n) is 4.25. The normalized spacial score (nSPS) is 11.2. The van der Waals surface area contributed by atoms with E-state index in [9.17, 15) is 4.79 Å². The fraction of sp³-hybridized carbons (Fsp3) is 0.455. The summed E-state index contributed by atoms with van der Waals surface area (Å²) in [7, 11) is 0. The molecular formula is C11H17N3O2. The second-order valence-corrected chi connectivity index (χ2v) is 4.25. The molecule has 4 N–H and O–H groups in total. The van der Waals surface area contributed by atoms with Crippen molar-refractivity contribution in [1.29, 1.82) is 0 Å². The quantitative estimate of drug-likeness (QED) is 0.687. The number of hydrogen-bond acceptors (Lipinski definition) is 4. The first kappa shape index (κ1) is 12.4. The number of aliphatic hydroxyl groups is 1. The van der Waals surface area contributed by atoms with Gasteiger partial charge in [-0.2, -0.15) is 0 Å². The van der Waals surface area contributed by atoms with Crippen molar-refractivity contribution >= 4 is 11.7 Å². The number of nitrogens with one attached hydrogen (secondary N) is 1. The number of rotatable bonds is 5. The van der Waals surface area contributed by atoms with Crippen molar-refractivity contribution in [3.63, 3.8) is 0 Å². The van der Waals surface area contributed by atoms with E-state index in [1.807, 2.05) is 13.8 Å². The van der Waals surface area contributed by atoms with Gasteiger partial charge in [-0.05, 0) is 32.4 Å². The number of hydrogen-bond donors (Lipinski definition) is 3. The van der Waals surface area contributed by atoms with Gasteiger partial charge in [0.2, 0.25) is 0 Å². The van der Waals surface area contributed by atoms with Gasteiger partial charge in [0.1, 0.15) is 5.82 Å². The van der Waals surface area contributed by atoms with Crippen molar-refractivity contribution in [2.75, 3.05) is 11.9 Å². The number of pyridine rings is 1. The molecule has 1 heterocycles. The summed E-state index contributed by atoms with van der Waals surface area (Å²) in [5, 5.41) is 12.0. The molecule has 16 heavy (non-hydrogen) atoms. The lowest BCUT2D eigenvalue weighted by atomic mass is 10.0. The highest BCUT2D eigenvalue weighted by atomic mass is 16.3. The van der Waals surface area contributed by atoms with Crippen molar-refractivity contribution in [1.82, 2.24) is 4.98 Å². The molecule has 0 fully saturated rings. The van der Waals surface area contributed by atoms with E-state index in [4.69, 9.17) is 10.8 Å². The molecule has 88 valence electrons. The van der Waals surface area contributed by atoms with Gasteiger partial charge in [0.15, 0.2) is 0 Å². The van der Waals surface area contributed by atoms with Crippen LogP contribution in [0.25, 0.3) is 0 Å². The van der Waals surface area contributed by atoms with E-state index in [1.165, 1.54) is 0 Å². The van der Waals surface area contributed by atoms with Crippen LogP contribution in [0.3, 0.4) is 0 Å². The molecular weight excluding hydrogens is 206 g/mol. The molecule has 0 aliphatic carbocycles. The number of aromatic nitrogens is 1. The van der Waals surface area contributed by atoms with E-state index in [0.29, 0.717) is 17.8 Å². The van der Waals surface area contributed by atoms with Crippen LogP contribution in [0.5, 0.6) is 0 Å². The van der Waals surface area contributed by atoms with Crippen LogP contribution < -0.4 is 11.1 Å². The van der Waals surface area contributed by atoms with Gasteiger partial charge in [-0.3, -0.25) is 4.79 Å². The number of aliphatic hydroxyl groups excluding tert-OH is 1. The lowest BCUT2D eigenvalue weighted by Crippen LogP contribution is -2.33. The van der Waals surface area contributed by atoms with Crippen LogP contribution in [0.4, 0.5) is 5.82 Å². The number of carbonyl (C=O) groups excluding carboxylic acids is 1. The van der Waals surface area contributed by atoms with Gasteiger partial charge < -0.3 is 16.2 Å². The van der Waals surface area contributed by atoms with Crippen molar-refractivity contribution in [3.05, 3.63) is 23.9 Å². The highest BCUT2D eigenvalue weighted by Gasteiger charge is 2.19. The smallest absolute Gasteiger partial charge is 0.252 e. The lowest BCUT2D eigenvalue weighted by Gasteiger charge is -2.26. The predicted octanol–water partition coefficient (Wildman–Crippen LogP) is 0.753. The molecule has 5 heteroatoms. The first-order chi connectivity index (χ1) is 7.46. The molecule has 0 aliphatic rings. The first-order valence-electron chi connectivity index (χ1n) is 5.10. The van der Waals surface area contributed by atoms with Crippen LogP contribution in [0.2, 0.25) is 0 Å². The van der Waals surface area contributed by atoms with E-state index in [-0.39, 0.29) is 12.1 Å². The summed E-state index contributed by atoms with van der Waals surface area (Å²) in [5.41, 5.74) is 5.25. The number of nitrogens with zero attached hydrogens (tertiary/aromatic N) is 1. The van der Waals surface area contributed by atoms with Crippen LogP contribution in [0, 0.1) is 0 Å². The third-order valence-electron chi connectivity index (χ3n) is 2.27.